The first-order chi connectivity index (χ1) is 30.3. The van der Waals surface area contributed by atoms with E-state index in [9.17, 15) is 24.0 Å². The van der Waals surface area contributed by atoms with Crippen LogP contribution in [0.15, 0.2) is 84.1 Å². The highest BCUT2D eigenvalue weighted by Gasteiger charge is 2.45. The molecule has 4 N–H and O–H groups in total. The van der Waals surface area contributed by atoms with Crippen molar-refractivity contribution in [2.24, 2.45) is 0 Å². The van der Waals surface area contributed by atoms with Crippen molar-refractivity contribution in [2.45, 2.75) is 107 Å². The van der Waals surface area contributed by atoms with Crippen molar-refractivity contribution in [1.29, 1.82) is 0 Å². The summed E-state index contributed by atoms with van der Waals surface area (Å²) < 4.78 is 2.10. The molecule has 0 saturated carbocycles. The Labute approximate surface area is 365 Å². The lowest BCUT2D eigenvalue weighted by Crippen LogP contribution is -2.54. The number of unbranched alkanes of at least 4 members (excludes halogenated alkanes) is 9. The van der Waals surface area contributed by atoms with E-state index in [1.807, 2.05) is 30.5 Å². The number of carbonyl (C=O) groups excluding carboxylic acids is 5. The van der Waals surface area contributed by atoms with E-state index in [0.717, 1.165) is 83.3 Å². The Bertz CT molecular complexity index is 2440. The van der Waals surface area contributed by atoms with Crippen molar-refractivity contribution in [3.05, 3.63) is 102 Å². The second-order valence-corrected chi connectivity index (χ2v) is 17.4. The molecule has 5 aromatic rings. The standard InChI is InChI=1S/C47H53N9O5S/c48-42-41-40(31-19-21-32(22-20-31)44(58)51-37-18-9-10-25-49-37)53-43(55(41)29-26-50-42)34-16-14-28-54(34)27-11-7-5-3-1-2-4-6-8-12-30-62-36-17-13-15-33-39(36)47(61)56(46(33)60)35-23-24-38(57)52-45(35)59/h9-10,13,15,17-22,25-26,29,34-35H,1-8,11-12,14,16,23-24,27-28,30H2,(H2,48,50)(H,49,51,58)(H,52,57,59)/t34-,35?/m0/s1. The van der Waals surface area contributed by atoms with Gasteiger partial charge in [0.25, 0.3) is 17.7 Å². The number of benzene rings is 2. The number of imide groups is 2. The number of pyridine rings is 1. The van der Waals surface area contributed by atoms with Gasteiger partial charge in [0.05, 0.1) is 17.2 Å². The third-order valence-electron chi connectivity index (χ3n) is 12.1. The zero-order valence-corrected chi connectivity index (χ0v) is 35.7. The lowest BCUT2D eigenvalue weighted by Gasteiger charge is -2.27. The van der Waals surface area contributed by atoms with E-state index in [2.05, 4.69) is 29.9 Å². The topological polar surface area (TPSA) is 185 Å². The molecule has 0 bridgehead atoms. The largest absolute Gasteiger partial charge is 0.382 e. The van der Waals surface area contributed by atoms with Gasteiger partial charge in [0.1, 0.15) is 34.7 Å². The number of nitrogen functional groups attached to an aromatic ring is 1. The summed E-state index contributed by atoms with van der Waals surface area (Å²) in [6.07, 6.45) is 19.5. The number of hydrogen-bond acceptors (Lipinski definition) is 11. The Morgan fingerprint density at radius 1 is 0.806 bits per heavy atom. The van der Waals surface area contributed by atoms with Crippen LogP contribution in [0.5, 0.6) is 0 Å². The van der Waals surface area contributed by atoms with Gasteiger partial charge >= 0.3 is 0 Å². The van der Waals surface area contributed by atoms with E-state index < -0.39 is 23.8 Å². The number of imidazole rings is 1. The van der Waals surface area contributed by atoms with Crippen molar-refractivity contribution in [2.75, 3.05) is 29.9 Å². The molecule has 2 fully saturated rings. The molecule has 0 aliphatic carbocycles. The van der Waals surface area contributed by atoms with Gasteiger partial charge < -0.3 is 11.1 Å². The van der Waals surface area contributed by atoms with Crippen molar-refractivity contribution in [1.82, 2.24) is 34.5 Å². The Kier molecular flexibility index (Phi) is 13.7. The molecule has 62 heavy (non-hydrogen) atoms. The summed E-state index contributed by atoms with van der Waals surface area (Å²) in [7, 11) is 0. The summed E-state index contributed by atoms with van der Waals surface area (Å²) in [6.45, 7) is 2.07. The lowest BCUT2D eigenvalue weighted by atomic mass is 10.0. The highest BCUT2D eigenvalue weighted by molar-refractivity contribution is 7.99. The number of piperidine rings is 1. The normalized spacial score (nSPS) is 17.8. The average Bonchev–Trinajstić information content (AvgIpc) is 3.98. The third-order valence-corrected chi connectivity index (χ3v) is 13.3. The van der Waals surface area contributed by atoms with Crippen LogP contribution in [0.3, 0.4) is 0 Å². The van der Waals surface area contributed by atoms with Crippen molar-refractivity contribution >= 4 is 58.5 Å². The van der Waals surface area contributed by atoms with E-state index in [1.54, 1.807) is 60.6 Å². The third kappa shape index (κ3) is 9.43. The predicted octanol–water partition coefficient (Wildman–Crippen LogP) is 7.86. The minimum Gasteiger partial charge on any atom is -0.382 e. The molecule has 6 heterocycles. The first-order valence-electron chi connectivity index (χ1n) is 21.9. The molecule has 3 aliphatic rings. The molecule has 2 atom stereocenters. The quantitative estimate of drug-likeness (QED) is 0.0417. The van der Waals surface area contributed by atoms with Gasteiger partial charge in [0.15, 0.2) is 0 Å². The zero-order valence-electron chi connectivity index (χ0n) is 34.9. The minimum absolute atomic E-state index is 0.105. The average molecular weight is 856 g/mol. The molecule has 322 valence electrons. The molecular formula is C47H53N9O5S. The molecule has 3 aromatic heterocycles. The molecule has 3 aliphatic heterocycles. The van der Waals surface area contributed by atoms with Gasteiger partial charge in [0.2, 0.25) is 11.8 Å². The smallest absolute Gasteiger partial charge is 0.263 e. The van der Waals surface area contributed by atoms with Gasteiger partial charge in [-0.2, -0.15) is 0 Å². The van der Waals surface area contributed by atoms with E-state index in [1.165, 1.54) is 44.9 Å². The second-order valence-electron chi connectivity index (χ2n) is 16.3. The maximum atomic E-state index is 13.4. The fourth-order valence-corrected chi connectivity index (χ4v) is 10.0. The number of rotatable bonds is 19. The number of aromatic nitrogens is 4. The molecule has 5 amide bonds. The van der Waals surface area contributed by atoms with Crippen LogP contribution in [-0.2, 0) is 9.59 Å². The first kappa shape index (κ1) is 42.7. The van der Waals surface area contributed by atoms with Crippen molar-refractivity contribution in [3.63, 3.8) is 0 Å². The molecule has 1 unspecified atom stereocenters. The van der Waals surface area contributed by atoms with Gasteiger partial charge in [-0.25, -0.2) is 15.0 Å². The molecule has 8 rings (SSSR count). The highest BCUT2D eigenvalue weighted by Crippen LogP contribution is 2.37. The van der Waals surface area contributed by atoms with Gasteiger partial charge in [-0.15, -0.1) is 11.8 Å². The number of carbonyl (C=O) groups is 5. The number of thioether (sulfide) groups is 1. The maximum Gasteiger partial charge on any atom is 0.263 e. The fourth-order valence-electron chi connectivity index (χ4n) is 8.93. The van der Waals surface area contributed by atoms with Gasteiger partial charge in [-0.05, 0) is 87.3 Å². The molecule has 2 saturated heterocycles. The van der Waals surface area contributed by atoms with Crippen LogP contribution in [0.1, 0.15) is 133 Å². The fraction of sp³-hybridized carbons (Fsp3) is 0.404. The summed E-state index contributed by atoms with van der Waals surface area (Å²) in [5.41, 5.74) is 10.1. The Balaban J connectivity index is 0.735. The van der Waals surface area contributed by atoms with Crippen LogP contribution < -0.4 is 16.4 Å². The lowest BCUT2D eigenvalue weighted by molar-refractivity contribution is -0.136. The molecule has 14 nitrogen and oxygen atoms in total. The van der Waals surface area contributed by atoms with Crippen LogP contribution in [0.2, 0.25) is 0 Å². The molecular weight excluding hydrogens is 803 g/mol. The summed E-state index contributed by atoms with van der Waals surface area (Å²) in [6, 6.07) is 17.3. The predicted molar refractivity (Wildman–Crippen MR) is 239 cm³/mol. The summed E-state index contributed by atoms with van der Waals surface area (Å²) in [5.74, 6) is 0.632. The van der Waals surface area contributed by atoms with Crippen LogP contribution >= 0.6 is 11.8 Å². The molecule has 2 aromatic carbocycles. The van der Waals surface area contributed by atoms with Crippen molar-refractivity contribution in [3.8, 4) is 11.3 Å². The number of nitrogens with two attached hydrogens (primary N) is 1. The number of anilines is 2. The maximum absolute atomic E-state index is 13.4. The van der Waals surface area contributed by atoms with E-state index in [0.29, 0.717) is 28.3 Å². The molecule has 15 heteroatoms. The second kappa shape index (κ2) is 19.8. The Hall–Kier alpha value is -5.93. The molecule has 0 spiro atoms. The van der Waals surface area contributed by atoms with Gasteiger partial charge in [0, 0.05) is 41.0 Å². The number of likely N-dealkylation sites (tertiary alicyclic amines) is 1. The Morgan fingerprint density at radius 3 is 2.31 bits per heavy atom. The number of fused-ring (bicyclic) bond motifs is 2. The van der Waals surface area contributed by atoms with Gasteiger partial charge in [-0.3, -0.25) is 43.5 Å². The highest BCUT2D eigenvalue weighted by atomic mass is 32.2. The Morgan fingerprint density at radius 2 is 1.56 bits per heavy atom. The first-order valence-corrected chi connectivity index (χ1v) is 22.9. The number of nitrogens with zero attached hydrogens (tertiary/aromatic N) is 6. The van der Waals surface area contributed by atoms with Crippen LogP contribution in [-0.4, -0.2) is 83.6 Å². The van der Waals surface area contributed by atoms with E-state index >= 15 is 0 Å². The van der Waals surface area contributed by atoms with Crippen LogP contribution in [0, 0.1) is 0 Å². The number of amides is 5. The van der Waals surface area contributed by atoms with Crippen molar-refractivity contribution < 1.29 is 24.0 Å². The van der Waals surface area contributed by atoms with E-state index in [4.69, 9.17) is 10.7 Å². The summed E-state index contributed by atoms with van der Waals surface area (Å²) in [4.78, 5) is 81.5. The summed E-state index contributed by atoms with van der Waals surface area (Å²) in [5, 5.41) is 5.09. The SMILES string of the molecule is Nc1nccn2c([C@@H]3CCCN3CCCCCCCCCCCCSc3cccc4c3C(=O)N(C3CCC(=O)NC3=O)C4=O)nc(-c3ccc(C(=O)Nc4ccccn4)cc3)c12. The van der Waals surface area contributed by atoms with E-state index in [-0.39, 0.29) is 30.7 Å². The van der Waals surface area contributed by atoms with Gasteiger partial charge in [-0.1, -0.05) is 75.6 Å². The van der Waals surface area contributed by atoms with Crippen LogP contribution in [0.4, 0.5) is 11.6 Å². The molecule has 0 radical (unpaired) electrons. The van der Waals surface area contributed by atoms with Crippen LogP contribution in [0.25, 0.3) is 16.8 Å². The monoisotopic (exact) mass is 855 g/mol. The number of nitrogens with one attached hydrogen (secondary N) is 2. The zero-order chi connectivity index (χ0) is 43.0. The number of hydrogen-bond donors (Lipinski definition) is 3. The summed E-state index contributed by atoms with van der Waals surface area (Å²) >= 11 is 1.59. The minimum atomic E-state index is -0.953.